The van der Waals surface area contributed by atoms with E-state index in [-0.39, 0.29) is 16.4 Å². The van der Waals surface area contributed by atoms with Crippen molar-refractivity contribution in [2.45, 2.75) is 0 Å². The zero-order valence-electron chi connectivity index (χ0n) is 14.1. The zero-order valence-corrected chi connectivity index (χ0v) is 15.7. The molecule has 0 aliphatic rings. The lowest BCUT2D eigenvalue weighted by Crippen LogP contribution is -2.17. The highest BCUT2D eigenvalue weighted by Gasteiger charge is 2.22. The van der Waals surface area contributed by atoms with Crippen LogP contribution in [-0.2, 0) is 0 Å². The zero-order chi connectivity index (χ0) is 19.7. The Labute approximate surface area is 167 Å². The summed E-state index contributed by atoms with van der Waals surface area (Å²) < 4.78 is 0. The van der Waals surface area contributed by atoms with Crippen molar-refractivity contribution >= 4 is 50.8 Å². The van der Waals surface area contributed by atoms with Crippen LogP contribution in [0.3, 0.4) is 0 Å². The molecule has 2 N–H and O–H groups in total. The second kappa shape index (κ2) is 7.34. The fraction of sp³-hybridized carbons (Fsp3) is 0. The van der Waals surface area contributed by atoms with Crippen molar-refractivity contribution in [1.82, 2.24) is 15.2 Å². The molecule has 9 heteroatoms. The molecule has 4 rings (SSSR count). The van der Waals surface area contributed by atoms with E-state index in [2.05, 4.69) is 20.5 Å². The number of hydrogen-bond acceptors (Lipinski definition) is 6. The molecule has 138 valence electrons. The standard InChI is InChI=1S/C19H11ClN4O3S/c20-11-7-5-10(6-8-11)12-9-28-18(15(12)19(26)27)22-17(25)16-21-13-3-1-2-4-14(13)23-24-16/h1-9H,(H,22,25)(H,26,27). The summed E-state index contributed by atoms with van der Waals surface area (Å²) >= 11 is 7.00. The van der Waals surface area contributed by atoms with E-state index in [1.54, 1.807) is 53.9 Å². The number of aromatic nitrogens is 3. The van der Waals surface area contributed by atoms with Gasteiger partial charge in [0.1, 0.15) is 16.1 Å². The molecule has 0 fully saturated rings. The molecule has 4 aromatic rings. The van der Waals surface area contributed by atoms with E-state index in [0.29, 0.717) is 27.2 Å². The fourth-order valence-electron chi connectivity index (χ4n) is 2.64. The Morgan fingerprint density at radius 3 is 2.43 bits per heavy atom. The van der Waals surface area contributed by atoms with Crippen LogP contribution >= 0.6 is 22.9 Å². The van der Waals surface area contributed by atoms with Crippen LogP contribution in [0.2, 0.25) is 5.02 Å². The Bertz CT molecular complexity index is 1210. The van der Waals surface area contributed by atoms with E-state index in [4.69, 9.17) is 11.6 Å². The number of carboxylic acids is 1. The van der Waals surface area contributed by atoms with Gasteiger partial charge < -0.3 is 10.4 Å². The van der Waals surface area contributed by atoms with E-state index in [9.17, 15) is 14.7 Å². The lowest BCUT2D eigenvalue weighted by atomic mass is 10.0. The average molecular weight is 411 g/mol. The van der Waals surface area contributed by atoms with Crippen LogP contribution in [0.4, 0.5) is 5.00 Å². The minimum absolute atomic E-state index is 0.00517. The maximum absolute atomic E-state index is 12.5. The van der Waals surface area contributed by atoms with Gasteiger partial charge in [0.15, 0.2) is 0 Å². The third-order valence-electron chi connectivity index (χ3n) is 3.95. The lowest BCUT2D eigenvalue weighted by Gasteiger charge is -2.06. The second-order valence-electron chi connectivity index (χ2n) is 5.74. The molecule has 0 bridgehead atoms. The summed E-state index contributed by atoms with van der Waals surface area (Å²) in [5, 5.41) is 22.4. The van der Waals surface area contributed by atoms with Crippen LogP contribution in [-0.4, -0.2) is 32.2 Å². The quantitative estimate of drug-likeness (QED) is 0.518. The summed E-state index contributed by atoms with van der Waals surface area (Å²) in [5.74, 6) is -1.93. The van der Waals surface area contributed by atoms with Crippen molar-refractivity contribution < 1.29 is 14.7 Å². The number of fused-ring (bicyclic) bond motifs is 1. The number of nitrogens with one attached hydrogen (secondary N) is 1. The predicted octanol–water partition coefficient (Wildman–Crippen LogP) is 4.36. The summed E-state index contributed by atoms with van der Waals surface area (Å²) in [7, 11) is 0. The Morgan fingerprint density at radius 1 is 1.00 bits per heavy atom. The van der Waals surface area contributed by atoms with Gasteiger partial charge in [-0.3, -0.25) is 4.79 Å². The van der Waals surface area contributed by atoms with Gasteiger partial charge in [-0.1, -0.05) is 35.9 Å². The highest BCUT2D eigenvalue weighted by atomic mass is 35.5. The molecule has 2 aromatic heterocycles. The number of rotatable bonds is 4. The number of para-hydroxylation sites is 1. The Hall–Kier alpha value is -3.36. The van der Waals surface area contributed by atoms with Gasteiger partial charge in [-0.15, -0.1) is 21.5 Å². The maximum Gasteiger partial charge on any atom is 0.339 e. The Morgan fingerprint density at radius 2 is 1.71 bits per heavy atom. The molecule has 28 heavy (non-hydrogen) atoms. The Kier molecular flexibility index (Phi) is 4.72. The predicted molar refractivity (Wildman–Crippen MR) is 107 cm³/mol. The second-order valence-corrected chi connectivity index (χ2v) is 7.06. The summed E-state index contributed by atoms with van der Waals surface area (Å²) in [6.07, 6.45) is 0. The SMILES string of the molecule is O=C(Nc1scc(-c2ccc(Cl)cc2)c1C(=O)O)c1nnc2ccccc2n1. The van der Waals surface area contributed by atoms with Crippen molar-refractivity contribution in [2.75, 3.05) is 5.32 Å². The smallest absolute Gasteiger partial charge is 0.339 e. The number of hydrogen-bond donors (Lipinski definition) is 2. The number of thiophene rings is 1. The first-order chi connectivity index (χ1) is 13.5. The lowest BCUT2D eigenvalue weighted by molar-refractivity contribution is 0.0699. The summed E-state index contributed by atoms with van der Waals surface area (Å²) in [5.41, 5.74) is 2.25. The fourth-order valence-corrected chi connectivity index (χ4v) is 3.72. The molecule has 0 aliphatic heterocycles. The van der Waals surface area contributed by atoms with Gasteiger partial charge in [-0.05, 0) is 29.8 Å². The van der Waals surface area contributed by atoms with E-state index in [0.717, 1.165) is 11.3 Å². The van der Waals surface area contributed by atoms with Gasteiger partial charge in [-0.25, -0.2) is 9.78 Å². The third-order valence-corrected chi connectivity index (χ3v) is 5.10. The molecular formula is C19H11ClN4O3S. The Balaban J connectivity index is 1.68. The van der Waals surface area contributed by atoms with E-state index in [1.165, 1.54) is 0 Å². The highest BCUT2D eigenvalue weighted by Crippen LogP contribution is 2.36. The minimum atomic E-state index is -1.15. The average Bonchev–Trinajstić information content (AvgIpc) is 3.12. The molecule has 0 unspecified atom stereocenters. The number of nitrogens with zero attached hydrogens (tertiary/aromatic N) is 3. The van der Waals surface area contributed by atoms with Crippen molar-refractivity contribution in [2.24, 2.45) is 0 Å². The van der Waals surface area contributed by atoms with E-state index < -0.39 is 11.9 Å². The summed E-state index contributed by atoms with van der Waals surface area (Å²) in [4.78, 5) is 28.5. The first-order valence-electron chi connectivity index (χ1n) is 8.04. The van der Waals surface area contributed by atoms with E-state index in [1.807, 2.05) is 0 Å². The van der Waals surface area contributed by atoms with Crippen LogP contribution < -0.4 is 5.32 Å². The first-order valence-corrected chi connectivity index (χ1v) is 9.30. The van der Waals surface area contributed by atoms with Crippen molar-refractivity contribution in [3.8, 4) is 11.1 Å². The number of halogens is 1. The van der Waals surface area contributed by atoms with Gasteiger partial charge in [0, 0.05) is 16.0 Å². The third kappa shape index (κ3) is 3.42. The molecule has 0 saturated heterocycles. The number of carbonyl (C=O) groups excluding carboxylic acids is 1. The number of benzene rings is 2. The summed E-state index contributed by atoms with van der Waals surface area (Å²) in [6, 6.07) is 13.8. The number of anilines is 1. The number of carboxylic acid groups (broad SMARTS) is 1. The normalized spacial score (nSPS) is 10.8. The van der Waals surface area contributed by atoms with Crippen LogP contribution in [0, 0.1) is 0 Å². The van der Waals surface area contributed by atoms with Gasteiger partial charge in [0.2, 0.25) is 5.82 Å². The molecular weight excluding hydrogens is 400 g/mol. The van der Waals surface area contributed by atoms with Crippen molar-refractivity contribution in [1.29, 1.82) is 0 Å². The molecule has 0 radical (unpaired) electrons. The van der Waals surface area contributed by atoms with Crippen LogP contribution in [0.1, 0.15) is 21.0 Å². The van der Waals surface area contributed by atoms with Crippen LogP contribution in [0.5, 0.6) is 0 Å². The first kappa shape index (κ1) is 18.0. The molecule has 0 spiro atoms. The van der Waals surface area contributed by atoms with Gasteiger partial charge >= 0.3 is 5.97 Å². The molecule has 2 aromatic carbocycles. The number of amides is 1. The van der Waals surface area contributed by atoms with Gasteiger partial charge in [0.05, 0.1) is 5.52 Å². The van der Waals surface area contributed by atoms with Crippen molar-refractivity contribution in [3.63, 3.8) is 0 Å². The van der Waals surface area contributed by atoms with Crippen LogP contribution in [0.15, 0.2) is 53.9 Å². The largest absolute Gasteiger partial charge is 0.478 e. The highest BCUT2D eigenvalue weighted by molar-refractivity contribution is 7.15. The monoisotopic (exact) mass is 410 g/mol. The van der Waals surface area contributed by atoms with Crippen molar-refractivity contribution in [3.05, 3.63) is 70.3 Å². The van der Waals surface area contributed by atoms with Gasteiger partial charge in [-0.2, -0.15) is 0 Å². The molecule has 1 amide bonds. The van der Waals surface area contributed by atoms with Gasteiger partial charge in [0.25, 0.3) is 5.91 Å². The molecule has 0 saturated carbocycles. The summed E-state index contributed by atoms with van der Waals surface area (Å²) in [6.45, 7) is 0. The molecule has 0 aliphatic carbocycles. The minimum Gasteiger partial charge on any atom is -0.478 e. The topological polar surface area (TPSA) is 105 Å². The molecule has 0 atom stereocenters. The number of aromatic carboxylic acids is 1. The maximum atomic E-state index is 12.5. The molecule has 7 nitrogen and oxygen atoms in total. The van der Waals surface area contributed by atoms with Crippen LogP contribution in [0.25, 0.3) is 22.2 Å². The molecule has 2 heterocycles. The number of carbonyl (C=O) groups is 2. The van der Waals surface area contributed by atoms with E-state index >= 15 is 0 Å².